The van der Waals surface area contributed by atoms with E-state index < -0.39 is 0 Å². The van der Waals surface area contributed by atoms with E-state index >= 15 is 0 Å². The third-order valence-corrected chi connectivity index (χ3v) is 6.17. The predicted octanol–water partition coefficient (Wildman–Crippen LogP) is 2.20. The molecule has 3 aliphatic rings. The Kier molecular flexibility index (Phi) is 5.32. The van der Waals surface area contributed by atoms with Crippen molar-refractivity contribution in [3.63, 3.8) is 0 Å². The summed E-state index contributed by atoms with van der Waals surface area (Å²) in [5.41, 5.74) is 2.45. The summed E-state index contributed by atoms with van der Waals surface area (Å²) in [7, 11) is 0. The van der Waals surface area contributed by atoms with Crippen LogP contribution in [0, 0.1) is 12.8 Å². The summed E-state index contributed by atoms with van der Waals surface area (Å²) < 4.78 is 7.55. The minimum Gasteiger partial charge on any atom is -0.381 e. The highest BCUT2D eigenvalue weighted by Crippen LogP contribution is 2.35. The number of nitrogens with zero attached hydrogens (tertiary/aromatic N) is 4. The minimum atomic E-state index is 0.303. The van der Waals surface area contributed by atoms with Gasteiger partial charge in [0.2, 0.25) is 5.91 Å². The third-order valence-electron chi connectivity index (χ3n) is 6.17. The Labute approximate surface area is 156 Å². The Bertz CT molecular complexity index is 634. The van der Waals surface area contributed by atoms with Crippen LogP contribution in [0.4, 0.5) is 0 Å². The molecule has 1 amide bonds. The molecule has 4 rings (SSSR count). The van der Waals surface area contributed by atoms with Crippen LogP contribution in [0.25, 0.3) is 0 Å². The number of carbonyl (C=O) groups is 1. The maximum atomic E-state index is 13.0. The minimum absolute atomic E-state index is 0.303. The van der Waals surface area contributed by atoms with Crippen LogP contribution in [-0.2, 0) is 22.6 Å². The molecular weight excluding hydrogens is 328 g/mol. The Balaban J connectivity index is 1.42. The summed E-state index contributed by atoms with van der Waals surface area (Å²) in [6.07, 6.45) is 7.44. The largest absolute Gasteiger partial charge is 0.381 e. The molecule has 1 aromatic rings. The van der Waals surface area contributed by atoms with Crippen molar-refractivity contribution in [2.45, 2.75) is 71.1 Å². The van der Waals surface area contributed by atoms with Crippen molar-refractivity contribution >= 4 is 5.91 Å². The topological polar surface area (TPSA) is 50.6 Å². The summed E-state index contributed by atoms with van der Waals surface area (Å²) in [6, 6.07) is 0.749. The normalized spacial score (nSPS) is 24.9. The molecule has 0 bridgehead atoms. The lowest BCUT2D eigenvalue weighted by Gasteiger charge is -2.39. The lowest BCUT2D eigenvalue weighted by molar-refractivity contribution is -0.139. The molecule has 0 aromatic carbocycles. The van der Waals surface area contributed by atoms with E-state index in [1.54, 1.807) is 0 Å². The summed E-state index contributed by atoms with van der Waals surface area (Å²) in [6.45, 7) is 9.73. The number of hydrogen-bond donors (Lipinski definition) is 0. The van der Waals surface area contributed by atoms with Crippen molar-refractivity contribution in [3.05, 3.63) is 17.5 Å². The fraction of sp³-hybridized carbons (Fsp3) is 0.800. The van der Waals surface area contributed by atoms with Gasteiger partial charge >= 0.3 is 0 Å². The van der Waals surface area contributed by atoms with E-state index in [0.717, 1.165) is 77.2 Å². The fourth-order valence-electron chi connectivity index (χ4n) is 4.46. The Morgan fingerprint density at radius 2 is 2.00 bits per heavy atom. The smallest absolute Gasteiger partial charge is 0.226 e. The van der Waals surface area contributed by atoms with Gasteiger partial charge < -0.3 is 9.64 Å². The molecular formula is C20H32N4O2. The van der Waals surface area contributed by atoms with Crippen molar-refractivity contribution in [1.82, 2.24) is 19.6 Å². The van der Waals surface area contributed by atoms with Gasteiger partial charge in [-0.05, 0) is 46.0 Å². The molecule has 2 aliphatic heterocycles. The molecule has 6 heteroatoms. The highest BCUT2D eigenvalue weighted by molar-refractivity contribution is 5.81. The third kappa shape index (κ3) is 3.81. The number of hydrogen-bond acceptors (Lipinski definition) is 4. The fourth-order valence-corrected chi connectivity index (χ4v) is 4.46. The average molecular weight is 361 g/mol. The van der Waals surface area contributed by atoms with Crippen molar-refractivity contribution in [3.8, 4) is 0 Å². The van der Waals surface area contributed by atoms with Gasteiger partial charge in [0, 0.05) is 69.2 Å². The Morgan fingerprint density at radius 3 is 2.65 bits per heavy atom. The van der Waals surface area contributed by atoms with E-state index in [4.69, 9.17) is 4.74 Å². The summed E-state index contributed by atoms with van der Waals surface area (Å²) in [4.78, 5) is 17.8. The first kappa shape index (κ1) is 18.0. The molecule has 3 fully saturated rings. The van der Waals surface area contributed by atoms with Crippen LogP contribution >= 0.6 is 0 Å². The number of aromatic nitrogens is 2. The van der Waals surface area contributed by atoms with Crippen LogP contribution in [0.2, 0.25) is 0 Å². The molecule has 0 N–H and O–H groups in total. The quantitative estimate of drug-likeness (QED) is 0.780. The Morgan fingerprint density at radius 1 is 1.23 bits per heavy atom. The molecule has 0 radical (unpaired) electrons. The lowest BCUT2D eigenvalue weighted by Crippen LogP contribution is -2.51. The summed E-state index contributed by atoms with van der Waals surface area (Å²) >= 11 is 0. The van der Waals surface area contributed by atoms with Crippen molar-refractivity contribution < 1.29 is 9.53 Å². The first-order chi connectivity index (χ1) is 12.7. The number of amides is 1. The van der Waals surface area contributed by atoms with Crippen LogP contribution in [0.5, 0.6) is 0 Å². The van der Waals surface area contributed by atoms with E-state index in [1.807, 2.05) is 4.68 Å². The Hall–Kier alpha value is -1.40. The molecule has 6 nitrogen and oxygen atoms in total. The second kappa shape index (κ2) is 7.69. The van der Waals surface area contributed by atoms with Gasteiger partial charge in [0.25, 0.3) is 0 Å². The second-order valence-electron chi connectivity index (χ2n) is 8.14. The first-order valence-corrected chi connectivity index (χ1v) is 10.3. The molecule has 1 saturated carbocycles. The number of carbonyl (C=O) groups excluding carboxylic acids is 1. The molecule has 3 heterocycles. The van der Waals surface area contributed by atoms with Crippen molar-refractivity contribution in [2.75, 3.05) is 26.3 Å². The molecule has 144 valence electrons. The second-order valence-corrected chi connectivity index (χ2v) is 8.14. The number of rotatable bonds is 6. The maximum absolute atomic E-state index is 13.0. The van der Waals surface area contributed by atoms with E-state index in [2.05, 4.69) is 34.9 Å². The van der Waals surface area contributed by atoms with Gasteiger partial charge in [-0.2, -0.15) is 5.10 Å². The van der Waals surface area contributed by atoms with Gasteiger partial charge in [-0.1, -0.05) is 0 Å². The molecule has 1 aromatic heterocycles. The summed E-state index contributed by atoms with van der Waals surface area (Å²) in [5.74, 6) is 0.718. The zero-order chi connectivity index (χ0) is 18.1. The van der Waals surface area contributed by atoms with Crippen LogP contribution in [0.15, 0.2) is 6.20 Å². The highest BCUT2D eigenvalue weighted by Gasteiger charge is 2.41. The van der Waals surface area contributed by atoms with Gasteiger partial charge in [0.15, 0.2) is 0 Å². The van der Waals surface area contributed by atoms with Gasteiger partial charge in [0.1, 0.15) is 0 Å². The van der Waals surface area contributed by atoms with Crippen LogP contribution in [-0.4, -0.2) is 63.9 Å². The van der Waals surface area contributed by atoms with E-state index in [-0.39, 0.29) is 0 Å². The molecule has 26 heavy (non-hydrogen) atoms. The molecule has 1 atom stereocenters. The maximum Gasteiger partial charge on any atom is 0.226 e. The zero-order valence-electron chi connectivity index (χ0n) is 16.2. The number of ether oxygens (including phenoxy) is 1. The first-order valence-electron chi connectivity index (χ1n) is 10.3. The van der Waals surface area contributed by atoms with Gasteiger partial charge in [0.05, 0.1) is 5.69 Å². The molecule has 1 unspecified atom stereocenters. The van der Waals surface area contributed by atoms with Crippen LogP contribution < -0.4 is 0 Å². The van der Waals surface area contributed by atoms with Crippen LogP contribution in [0.3, 0.4) is 0 Å². The summed E-state index contributed by atoms with van der Waals surface area (Å²) in [5, 5.41) is 4.57. The monoisotopic (exact) mass is 360 g/mol. The van der Waals surface area contributed by atoms with E-state index in [1.165, 1.54) is 5.56 Å². The van der Waals surface area contributed by atoms with Gasteiger partial charge in [-0.15, -0.1) is 0 Å². The van der Waals surface area contributed by atoms with Gasteiger partial charge in [-0.3, -0.25) is 14.4 Å². The van der Waals surface area contributed by atoms with Crippen molar-refractivity contribution in [2.24, 2.45) is 5.92 Å². The van der Waals surface area contributed by atoms with E-state index in [0.29, 0.717) is 23.9 Å². The predicted molar refractivity (Wildman–Crippen MR) is 99.7 cm³/mol. The van der Waals surface area contributed by atoms with Gasteiger partial charge in [-0.25, -0.2) is 0 Å². The van der Waals surface area contributed by atoms with E-state index in [9.17, 15) is 4.79 Å². The average Bonchev–Trinajstić information content (AvgIpc) is 3.32. The SMILES string of the molecule is CCn1cc(CN2CCC(N(C(=O)C3CC3)C3CCOCC3)C2)c(C)n1. The molecule has 1 aliphatic carbocycles. The standard InChI is InChI=1S/C20H32N4O2/c1-3-23-13-17(15(2)21-23)12-22-9-6-19(14-22)24(20(25)16-4-5-16)18-7-10-26-11-8-18/h13,16,18-19H,3-12,14H2,1-2H3. The molecule has 0 spiro atoms. The molecule has 2 saturated heterocycles. The van der Waals surface area contributed by atoms with Crippen LogP contribution in [0.1, 0.15) is 50.3 Å². The highest BCUT2D eigenvalue weighted by atomic mass is 16.5. The number of likely N-dealkylation sites (tertiary alicyclic amines) is 1. The van der Waals surface area contributed by atoms with Crippen molar-refractivity contribution in [1.29, 1.82) is 0 Å². The number of aryl methyl sites for hydroxylation is 2. The zero-order valence-corrected chi connectivity index (χ0v) is 16.2. The lowest BCUT2D eigenvalue weighted by atomic mass is 10.0.